The van der Waals surface area contributed by atoms with Crippen molar-refractivity contribution < 1.29 is 29.0 Å². The number of phenolic OH excluding ortho intramolecular Hbond substituents is 1. The number of carbonyl (C=O) groups is 3. The van der Waals surface area contributed by atoms with E-state index in [0.29, 0.717) is 46.8 Å². The molecule has 40 heavy (non-hydrogen) atoms. The molecule has 0 aromatic heterocycles. The van der Waals surface area contributed by atoms with E-state index in [4.69, 9.17) is 15.2 Å². The second kappa shape index (κ2) is 13.3. The highest BCUT2D eigenvalue weighted by Gasteiger charge is 2.34. The zero-order chi connectivity index (χ0) is 29.3. The van der Waals surface area contributed by atoms with E-state index in [1.54, 1.807) is 66.7 Å². The van der Waals surface area contributed by atoms with E-state index in [0.717, 1.165) is 0 Å². The van der Waals surface area contributed by atoms with Crippen LogP contribution in [0.1, 0.15) is 55.6 Å². The average Bonchev–Trinajstić information content (AvgIpc) is 2.91. The normalized spacial score (nSPS) is 12.0. The summed E-state index contributed by atoms with van der Waals surface area (Å²) in [6.45, 7) is 5.34. The Morgan fingerprint density at radius 1 is 1.02 bits per heavy atom. The Labute approximate surface area is 234 Å². The van der Waals surface area contributed by atoms with Crippen LogP contribution in [0, 0.1) is 5.41 Å². The first-order valence-electron chi connectivity index (χ1n) is 12.8. The van der Waals surface area contributed by atoms with Crippen molar-refractivity contribution in [3.8, 4) is 11.5 Å². The molecule has 3 aromatic carbocycles. The molecule has 0 saturated carbocycles. The van der Waals surface area contributed by atoms with Gasteiger partial charge in [-0.15, -0.1) is 0 Å². The molecule has 0 bridgehead atoms. The van der Waals surface area contributed by atoms with Crippen LogP contribution in [0.2, 0.25) is 0 Å². The third-order valence-electron chi connectivity index (χ3n) is 6.42. The lowest BCUT2D eigenvalue weighted by Crippen LogP contribution is -2.29. The third kappa shape index (κ3) is 8.10. The Bertz CT molecular complexity index is 1380. The molecule has 0 spiro atoms. The first kappa shape index (κ1) is 29.8. The number of hydrogen-bond donors (Lipinski definition) is 4. The largest absolute Gasteiger partial charge is 0.504 e. The molecule has 0 unspecified atom stereocenters. The van der Waals surface area contributed by atoms with E-state index in [1.807, 2.05) is 13.8 Å². The average molecular weight is 546 g/mol. The predicted octanol–water partition coefficient (Wildman–Crippen LogP) is 6.48. The Morgan fingerprint density at radius 2 is 1.73 bits per heavy atom. The van der Waals surface area contributed by atoms with E-state index in [2.05, 4.69) is 10.6 Å². The van der Waals surface area contributed by atoms with E-state index in [1.165, 1.54) is 26.2 Å². The molecule has 2 amide bonds. The van der Waals surface area contributed by atoms with Crippen molar-refractivity contribution in [2.24, 2.45) is 5.41 Å². The van der Waals surface area contributed by atoms with Gasteiger partial charge in [0, 0.05) is 16.7 Å². The Morgan fingerprint density at radius 3 is 2.35 bits per heavy atom. The van der Waals surface area contributed by atoms with Crippen molar-refractivity contribution in [3.63, 3.8) is 0 Å². The van der Waals surface area contributed by atoms with Crippen LogP contribution in [0.5, 0.6) is 11.5 Å². The van der Waals surface area contributed by atoms with Gasteiger partial charge in [0.2, 0.25) is 5.91 Å². The number of aromatic hydroxyl groups is 1. The topological polar surface area (TPSA) is 140 Å². The fraction of sp³-hybridized carbons (Fsp3) is 0.258. The number of rotatable bonds is 11. The molecule has 9 heteroatoms. The number of methoxy groups -OCH3 is 1. The highest BCUT2D eigenvalue weighted by Crippen LogP contribution is 2.43. The van der Waals surface area contributed by atoms with E-state index in [-0.39, 0.29) is 17.4 Å². The number of nitrogens with two attached hydrogens (primary N) is 1. The molecule has 0 aliphatic carbocycles. The number of phenols is 1. The Hall–Kier alpha value is -4.79. The fourth-order valence-corrected chi connectivity index (χ4v) is 4.15. The molecule has 9 nitrogen and oxygen atoms in total. The van der Waals surface area contributed by atoms with E-state index < -0.39 is 17.6 Å². The third-order valence-corrected chi connectivity index (χ3v) is 6.42. The lowest BCUT2D eigenvalue weighted by atomic mass is 9.78. The molecule has 1 atom stereocenters. The molecule has 3 aromatic rings. The van der Waals surface area contributed by atoms with E-state index in [9.17, 15) is 19.5 Å². The van der Waals surface area contributed by atoms with Crippen molar-refractivity contribution in [2.75, 3.05) is 23.5 Å². The van der Waals surface area contributed by atoms with Gasteiger partial charge in [-0.05, 0) is 79.9 Å². The number of nitrogens with one attached hydrogen (secondary N) is 2. The van der Waals surface area contributed by atoms with Crippen LogP contribution in [0.3, 0.4) is 0 Å². The second-order valence-electron chi connectivity index (χ2n) is 9.98. The Balaban J connectivity index is 1.72. The van der Waals surface area contributed by atoms with Gasteiger partial charge in [-0.2, -0.15) is 0 Å². The highest BCUT2D eigenvalue weighted by molar-refractivity contribution is 6.01. The SMILES string of the molecule is COc1ccc([C@H](OC(=O)Nc2ccc(C(C)=O)cc2)C(C)(C)CC/C=C/C(=O)Nc2ccccc2N)cc1O. The first-order chi connectivity index (χ1) is 19.0. The lowest BCUT2D eigenvalue weighted by molar-refractivity contribution is -0.111. The number of ketones is 1. The number of anilines is 3. The van der Waals surface area contributed by atoms with Gasteiger partial charge in [-0.25, -0.2) is 4.79 Å². The zero-order valence-corrected chi connectivity index (χ0v) is 23.1. The molecule has 5 N–H and O–H groups in total. The zero-order valence-electron chi connectivity index (χ0n) is 23.1. The minimum Gasteiger partial charge on any atom is -0.504 e. The van der Waals surface area contributed by atoms with Crippen LogP contribution < -0.4 is 21.1 Å². The van der Waals surface area contributed by atoms with Crippen LogP contribution in [-0.4, -0.2) is 30.0 Å². The van der Waals surface area contributed by atoms with Crippen molar-refractivity contribution in [1.82, 2.24) is 0 Å². The molecular formula is C31H35N3O6. The van der Waals surface area contributed by atoms with Gasteiger partial charge >= 0.3 is 6.09 Å². The van der Waals surface area contributed by atoms with Crippen molar-refractivity contribution >= 4 is 34.8 Å². The molecule has 0 heterocycles. The summed E-state index contributed by atoms with van der Waals surface area (Å²) >= 11 is 0. The maximum absolute atomic E-state index is 12.9. The summed E-state index contributed by atoms with van der Waals surface area (Å²) in [7, 11) is 1.45. The monoisotopic (exact) mass is 545 g/mol. The summed E-state index contributed by atoms with van der Waals surface area (Å²) in [5.74, 6) is -0.172. The Kier molecular flexibility index (Phi) is 9.92. The maximum Gasteiger partial charge on any atom is 0.412 e. The number of nitrogen functional groups attached to an aromatic ring is 1. The molecule has 0 radical (unpaired) electrons. The molecule has 0 aliphatic heterocycles. The smallest absolute Gasteiger partial charge is 0.412 e. The predicted molar refractivity (Wildman–Crippen MR) is 156 cm³/mol. The van der Waals surface area contributed by atoms with Crippen LogP contribution in [0.25, 0.3) is 0 Å². The molecule has 0 aliphatic rings. The summed E-state index contributed by atoms with van der Waals surface area (Å²) in [6, 6.07) is 18.3. The van der Waals surface area contributed by atoms with Gasteiger partial charge < -0.3 is 25.6 Å². The molecule has 210 valence electrons. The second-order valence-corrected chi connectivity index (χ2v) is 9.98. The molecule has 3 rings (SSSR count). The van der Waals surface area contributed by atoms with Crippen molar-refractivity contribution in [1.29, 1.82) is 0 Å². The quantitative estimate of drug-likeness (QED) is 0.123. The molecule has 0 fully saturated rings. The minimum atomic E-state index is -0.757. The van der Waals surface area contributed by atoms with Gasteiger partial charge in [0.1, 0.15) is 6.10 Å². The summed E-state index contributed by atoms with van der Waals surface area (Å²) in [5.41, 5.74) is 7.85. The van der Waals surface area contributed by atoms with Gasteiger partial charge in [0.15, 0.2) is 17.3 Å². The van der Waals surface area contributed by atoms with Gasteiger partial charge in [-0.1, -0.05) is 38.1 Å². The number of allylic oxidation sites excluding steroid dienone is 1. The number of benzene rings is 3. The van der Waals surface area contributed by atoms with Crippen LogP contribution in [-0.2, 0) is 9.53 Å². The number of para-hydroxylation sites is 2. The number of carbonyl (C=O) groups excluding carboxylic acids is 3. The van der Waals surface area contributed by atoms with Crippen LogP contribution >= 0.6 is 0 Å². The first-order valence-corrected chi connectivity index (χ1v) is 12.8. The van der Waals surface area contributed by atoms with E-state index >= 15 is 0 Å². The number of amides is 2. The maximum atomic E-state index is 12.9. The summed E-state index contributed by atoms with van der Waals surface area (Å²) in [4.78, 5) is 36.8. The summed E-state index contributed by atoms with van der Waals surface area (Å²) < 4.78 is 11.1. The fourth-order valence-electron chi connectivity index (χ4n) is 4.15. The van der Waals surface area contributed by atoms with Crippen LogP contribution in [0.4, 0.5) is 21.9 Å². The molecule has 0 saturated heterocycles. The molecular weight excluding hydrogens is 510 g/mol. The van der Waals surface area contributed by atoms with Gasteiger partial charge in [-0.3, -0.25) is 14.9 Å². The number of Topliss-reactive ketones (excluding diaryl/α,β-unsaturated/α-hetero) is 1. The lowest BCUT2D eigenvalue weighted by Gasteiger charge is -2.34. The van der Waals surface area contributed by atoms with Gasteiger partial charge in [0.05, 0.1) is 18.5 Å². The van der Waals surface area contributed by atoms with Gasteiger partial charge in [0.25, 0.3) is 0 Å². The highest BCUT2D eigenvalue weighted by atomic mass is 16.6. The summed E-state index contributed by atoms with van der Waals surface area (Å²) in [5, 5.41) is 15.8. The summed E-state index contributed by atoms with van der Waals surface area (Å²) in [6.07, 6.45) is 2.79. The number of hydrogen-bond acceptors (Lipinski definition) is 7. The van der Waals surface area contributed by atoms with Crippen molar-refractivity contribution in [2.45, 2.75) is 39.7 Å². The van der Waals surface area contributed by atoms with Crippen molar-refractivity contribution in [3.05, 3.63) is 90.0 Å². The standard InChI is InChI=1S/C31H35N3O6/c1-20(35)21-12-15-23(16-13-21)33-30(38)40-29(22-14-17-27(39-4)26(36)19-22)31(2,3)18-8-7-11-28(37)34-25-10-6-5-9-24(25)32/h5-7,9-17,19,29,36H,8,18,32H2,1-4H3,(H,33,38)(H,34,37)/b11-7+/t29-/m0/s1. The number of ether oxygens (including phenoxy) is 2. The minimum absolute atomic E-state index is 0.0778. The van der Waals surface area contributed by atoms with Crippen LogP contribution in [0.15, 0.2) is 78.9 Å².